The van der Waals surface area contributed by atoms with Crippen LogP contribution in [0.5, 0.6) is 0 Å². The van der Waals surface area contributed by atoms with Gasteiger partial charge in [-0.3, -0.25) is 4.68 Å². The van der Waals surface area contributed by atoms with Crippen molar-refractivity contribution < 1.29 is 8.42 Å². The number of hydrogen-bond acceptors (Lipinski definition) is 7. The maximum absolute atomic E-state index is 12.3. The Bertz CT molecular complexity index is 914. The molecule has 3 rings (SSSR count). The molecule has 1 fully saturated rings. The van der Waals surface area contributed by atoms with Gasteiger partial charge in [0.05, 0.1) is 18.1 Å². The van der Waals surface area contributed by atoms with E-state index in [0.717, 1.165) is 23.9 Å². The van der Waals surface area contributed by atoms with Gasteiger partial charge in [-0.25, -0.2) is 13.4 Å². The van der Waals surface area contributed by atoms with E-state index in [9.17, 15) is 8.42 Å². The summed E-state index contributed by atoms with van der Waals surface area (Å²) >= 11 is 5.92. The molecule has 2 aromatic heterocycles. The third kappa shape index (κ3) is 3.67. The number of sulfonamides is 1. The summed E-state index contributed by atoms with van der Waals surface area (Å²) in [6.45, 7) is 4.24. The normalized spacial score (nSPS) is 18.2. The van der Waals surface area contributed by atoms with Crippen molar-refractivity contribution in [1.29, 1.82) is 0 Å². The van der Waals surface area contributed by atoms with Crippen LogP contribution in [0.4, 0.5) is 17.5 Å². The van der Waals surface area contributed by atoms with E-state index in [1.165, 1.54) is 10.5 Å². The molecule has 1 aliphatic heterocycles. The fourth-order valence-corrected chi connectivity index (χ4v) is 4.24. The smallest absolute Gasteiger partial charge is 0.235 e. The van der Waals surface area contributed by atoms with E-state index in [-0.39, 0.29) is 16.9 Å². The van der Waals surface area contributed by atoms with Gasteiger partial charge in [0.15, 0.2) is 0 Å². The van der Waals surface area contributed by atoms with Crippen molar-refractivity contribution in [3.8, 4) is 0 Å². The van der Waals surface area contributed by atoms with E-state index in [2.05, 4.69) is 21.6 Å². The maximum atomic E-state index is 12.3. The second-order valence-electron chi connectivity index (χ2n) is 6.00. The number of nitrogens with zero attached hydrogens (tertiary/aromatic N) is 6. The molecule has 0 unspecified atom stereocenters. The average molecular weight is 398 g/mol. The lowest BCUT2D eigenvalue weighted by atomic mass is 10.2. The highest BCUT2D eigenvalue weighted by atomic mass is 35.5. The highest BCUT2D eigenvalue weighted by molar-refractivity contribution is 7.92. The molecule has 3 heterocycles. The number of aromatic nitrogens is 4. The van der Waals surface area contributed by atoms with Crippen LogP contribution < -0.4 is 10.6 Å². The highest BCUT2D eigenvalue weighted by Crippen LogP contribution is 2.29. The summed E-state index contributed by atoms with van der Waals surface area (Å²) in [5, 5.41) is 5.42. The Kier molecular flexibility index (Phi) is 5.17. The zero-order valence-corrected chi connectivity index (χ0v) is 15.9. The van der Waals surface area contributed by atoms with Gasteiger partial charge >= 0.3 is 0 Å². The van der Waals surface area contributed by atoms with Gasteiger partial charge in [-0.15, -0.1) is 0 Å². The molecule has 140 valence electrons. The molecule has 11 heteroatoms. The standard InChI is InChI=1S/C15H20ClN7O2S/c1-3-26(24,25)23-6-4-5-11(23)10-22(12-7-19-21(2)9-12)15-18-8-13(16)14(17)20-15/h3,7-9,11H,1,4-6,10H2,2H3,(H2,17,18,20)/t11-/m1/s1. The molecule has 9 nitrogen and oxygen atoms in total. The molecule has 2 aromatic rings. The Morgan fingerprint density at radius 3 is 2.88 bits per heavy atom. The van der Waals surface area contributed by atoms with Gasteiger partial charge in [-0.1, -0.05) is 18.2 Å². The molecule has 1 aliphatic rings. The number of halogens is 1. The predicted octanol–water partition coefficient (Wildman–Crippen LogP) is 1.52. The van der Waals surface area contributed by atoms with Gasteiger partial charge in [-0.05, 0) is 12.8 Å². The summed E-state index contributed by atoms with van der Waals surface area (Å²) in [6, 6.07) is -0.237. The fraction of sp³-hybridized carbons (Fsp3) is 0.400. The summed E-state index contributed by atoms with van der Waals surface area (Å²) < 4.78 is 27.7. The van der Waals surface area contributed by atoms with Gasteiger partial charge in [0.2, 0.25) is 16.0 Å². The van der Waals surface area contributed by atoms with Crippen molar-refractivity contribution in [2.75, 3.05) is 23.7 Å². The van der Waals surface area contributed by atoms with E-state index < -0.39 is 10.0 Å². The van der Waals surface area contributed by atoms with Crippen LogP contribution in [0.15, 0.2) is 30.6 Å². The molecular weight excluding hydrogens is 378 g/mol. The minimum absolute atomic E-state index is 0.160. The van der Waals surface area contributed by atoms with Gasteiger partial charge in [0.25, 0.3) is 0 Å². The Morgan fingerprint density at radius 2 is 2.27 bits per heavy atom. The number of anilines is 3. The van der Waals surface area contributed by atoms with E-state index in [4.69, 9.17) is 17.3 Å². The van der Waals surface area contributed by atoms with E-state index in [1.807, 2.05) is 0 Å². The van der Waals surface area contributed by atoms with Crippen molar-refractivity contribution in [1.82, 2.24) is 24.1 Å². The molecule has 0 radical (unpaired) electrons. The van der Waals surface area contributed by atoms with Crippen LogP contribution in [0, 0.1) is 0 Å². The van der Waals surface area contributed by atoms with Crippen LogP contribution in [0.2, 0.25) is 5.02 Å². The summed E-state index contributed by atoms with van der Waals surface area (Å²) in [5.74, 6) is 0.496. The maximum Gasteiger partial charge on any atom is 0.235 e. The van der Waals surface area contributed by atoms with Crippen molar-refractivity contribution in [2.24, 2.45) is 7.05 Å². The zero-order valence-electron chi connectivity index (χ0n) is 14.3. The third-order valence-corrected chi connectivity index (χ3v) is 6.10. The van der Waals surface area contributed by atoms with E-state index in [0.29, 0.717) is 19.0 Å². The molecule has 0 amide bonds. The molecule has 0 bridgehead atoms. The number of nitrogens with two attached hydrogens (primary N) is 1. The molecule has 1 atom stereocenters. The molecule has 0 aliphatic carbocycles. The van der Waals surface area contributed by atoms with Crippen LogP contribution in [-0.2, 0) is 17.1 Å². The minimum Gasteiger partial charge on any atom is -0.382 e. The zero-order chi connectivity index (χ0) is 18.9. The molecular formula is C15H20ClN7O2S. The second kappa shape index (κ2) is 7.22. The van der Waals surface area contributed by atoms with Crippen molar-refractivity contribution in [2.45, 2.75) is 18.9 Å². The number of nitrogen functional groups attached to an aromatic ring is 1. The summed E-state index contributed by atoms with van der Waals surface area (Å²) in [4.78, 5) is 10.3. The van der Waals surface area contributed by atoms with Crippen LogP contribution in [0.25, 0.3) is 0 Å². The second-order valence-corrected chi connectivity index (χ2v) is 8.24. The number of hydrogen-bond donors (Lipinski definition) is 1. The van der Waals surface area contributed by atoms with Crippen LogP contribution in [0.3, 0.4) is 0 Å². The number of aryl methyl sites for hydroxylation is 1. The first-order chi connectivity index (χ1) is 12.3. The largest absolute Gasteiger partial charge is 0.382 e. The third-order valence-electron chi connectivity index (χ3n) is 4.26. The molecule has 0 spiro atoms. The minimum atomic E-state index is -3.50. The van der Waals surface area contributed by atoms with Crippen LogP contribution in [0.1, 0.15) is 12.8 Å². The first-order valence-corrected chi connectivity index (χ1v) is 9.88. The molecule has 1 saturated heterocycles. The quantitative estimate of drug-likeness (QED) is 0.786. The Hall–Kier alpha value is -2.17. The SMILES string of the molecule is C=CS(=O)(=O)N1CCC[C@@H]1CN(c1cnn(C)c1)c1ncc(Cl)c(N)n1. The Balaban J connectivity index is 1.96. The van der Waals surface area contributed by atoms with E-state index >= 15 is 0 Å². The monoisotopic (exact) mass is 397 g/mol. The van der Waals surface area contributed by atoms with Crippen LogP contribution >= 0.6 is 11.6 Å². The summed E-state index contributed by atoms with van der Waals surface area (Å²) in [7, 11) is -1.71. The van der Waals surface area contributed by atoms with Gasteiger partial charge < -0.3 is 10.6 Å². The first kappa shape index (κ1) is 18.6. The molecule has 0 aromatic carbocycles. The molecule has 2 N–H and O–H groups in total. The van der Waals surface area contributed by atoms with Crippen LogP contribution in [-0.4, -0.2) is 51.6 Å². The summed E-state index contributed by atoms with van der Waals surface area (Å²) in [6.07, 6.45) is 6.40. The van der Waals surface area contributed by atoms with Crippen molar-refractivity contribution in [3.05, 3.63) is 35.6 Å². The Morgan fingerprint density at radius 1 is 1.50 bits per heavy atom. The van der Waals surface area contributed by atoms with E-state index in [1.54, 1.807) is 29.0 Å². The van der Waals surface area contributed by atoms with Crippen molar-refractivity contribution in [3.63, 3.8) is 0 Å². The average Bonchev–Trinajstić information content (AvgIpc) is 3.24. The molecule has 26 heavy (non-hydrogen) atoms. The van der Waals surface area contributed by atoms with Gasteiger partial charge in [-0.2, -0.15) is 14.4 Å². The highest BCUT2D eigenvalue weighted by Gasteiger charge is 2.34. The number of rotatable bonds is 6. The van der Waals surface area contributed by atoms with Gasteiger partial charge in [0.1, 0.15) is 10.8 Å². The van der Waals surface area contributed by atoms with Gasteiger partial charge in [0, 0.05) is 37.8 Å². The fourth-order valence-electron chi connectivity index (χ4n) is 2.98. The topological polar surface area (TPSA) is 110 Å². The Labute approximate surface area is 157 Å². The first-order valence-electron chi connectivity index (χ1n) is 8.00. The lowest BCUT2D eigenvalue weighted by Crippen LogP contribution is -2.41. The summed E-state index contributed by atoms with van der Waals surface area (Å²) in [5.41, 5.74) is 6.55. The lowest BCUT2D eigenvalue weighted by Gasteiger charge is -2.29. The predicted molar refractivity (Wildman–Crippen MR) is 101 cm³/mol. The van der Waals surface area contributed by atoms with Crippen molar-refractivity contribution >= 4 is 39.1 Å². The molecule has 0 saturated carbocycles. The lowest BCUT2D eigenvalue weighted by molar-refractivity contribution is 0.396.